The first-order valence-electron chi connectivity index (χ1n) is 8.39. The van der Waals surface area contributed by atoms with Crippen LogP contribution in [0.3, 0.4) is 0 Å². The molecule has 3 rings (SSSR count). The molecular formula is C18H22N6O2S. The van der Waals surface area contributed by atoms with Crippen molar-refractivity contribution in [3.63, 3.8) is 0 Å². The number of nitrogen functional groups attached to an aromatic ring is 1. The Hall–Kier alpha value is -2.94. The third kappa shape index (κ3) is 4.25. The van der Waals surface area contributed by atoms with Gasteiger partial charge in [-0.25, -0.2) is 4.79 Å². The fraction of sp³-hybridized carbons (Fsp3) is 0.333. The Morgan fingerprint density at radius 2 is 2.07 bits per heavy atom. The van der Waals surface area contributed by atoms with E-state index in [1.165, 1.54) is 4.88 Å². The van der Waals surface area contributed by atoms with Crippen LogP contribution in [-0.4, -0.2) is 39.6 Å². The zero-order valence-electron chi connectivity index (χ0n) is 15.8. The predicted octanol–water partition coefficient (Wildman–Crippen LogP) is 2.40. The summed E-state index contributed by atoms with van der Waals surface area (Å²) in [5.41, 5.74) is 8.11. The van der Waals surface area contributed by atoms with Gasteiger partial charge in [0.15, 0.2) is 12.4 Å². The van der Waals surface area contributed by atoms with Crippen LogP contribution in [0.1, 0.15) is 32.4 Å². The molecule has 0 atom stereocenters. The van der Waals surface area contributed by atoms with E-state index in [0.717, 1.165) is 17.9 Å². The second-order valence-corrected chi connectivity index (χ2v) is 7.36. The van der Waals surface area contributed by atoms with E-state index in [1.54, 1.807) is 30.3 Å². The van der Waals surface area contributed by atoms with Gasteiger partial charge in [0.05, 0.1) is 12.1 Å². The van der Waals surface area contributed by atoms with Crippen LogP contribution in [0.4, 0.5) is 11.9 Å². The van der Waals surface area contributed by atoms with Gasteiger partial charge in [-0.1, -0.05) is 6.07 Å². The summed E-state index contributed by atoms with van der Waals surface area (Å²) in [5, 5.41) is 2.04. The number of carbonyl (C=O) groups is 1. The van der Waals surface area contributed by atoms with E-state index in [2.05, 4.69) is 25.6 Å². The number of esters is 1. The maximum Gasteiger partial charge on any atom is 0.340 e. The normalized spacial score (nSPS) is 10.8. The Morgan fingerprint density at radius 1 is 1.30 bits per heavy atom. The molecule has 0 aromatic carbocycles. The van der Waals surface area contributed by atoms with Gasteiger partial charge in [0.2, 0.25) is 11.9 Å². The standard InChI is InChI=1S/C18H22N6O2S/c1-11-8-14(12(2)24(11)9-13-6-5-7-27-13)16(25)26-10-15-20-17(19)22-18(21-15)23(3)4/h5-8H,9-10H2,1-4H3,(H2,19,20,21,22). The highest BCUT2D eigenvalue weighted by molar-refractivity contribution is 7.09. The number of hydrogen-bond acceptors (Lipinski definition) is 8. The molecule has 0 amide bonds. The molecule has 3 aromatic heterocycles. The molecule has 0 saturated carbocycles. The second kappa shape index (κ2) is 7.75. The van der Waals surface area contributed by atoms with Gasteiger partial charge >= 0.3 is 5.97 Å². The topological polar surface area (TPSA) is 99.2 Å². The highest BCUT2D eigenvalue weighted by Gasteiger charge is 2.18. The largest absolute Gasteiger partial charge is 0.454 e. The molecule has 0 aliphatic carbocycles. The van der Waals surface area contributed by atoms with Crippen molar-refractivity contribution >= 4 is 29.2 Å². The van der Waals surface area contributed by atoms with E-state index < -0.39 is 5.97 Å². The molecule has 0 aliphatic heterocycles. The minimum atomic E-state index is -0.411. The molecule has 0 fully saturated rings. The zero-order valence-corrected chi connectivity index (χ0v) is 16.6. The van der Waals surface area contributed by atoms with Crippen molar-refractivity contribution in [2.24, 2.45) is 0 Å². The number of rotatable bonds is 6. The Balaban J connectivity index is 1.73. The SMILES string of the molecule is Cc1cc(C(=O)OCc2nc(N)nc(N(C)C)n2)c(C)n1Cc1cccs1. The molecule has 0 unspecified atom stereocenters. The molecule has 0 bridgehead atoms. The summed E-state index contributed by atoms with van der Waals surface area (Å²) in [6.45, 7) is 4.56. The van der Waals surface area contributed by atoms with Crippen molar-refractivity contribution in [3.05, 3.63) is 51.2 Å². The first-order chi connectivity index (χ1) is 12.8. The molecule has 2 N–H and O–H groups in total. The third-order valence-corrected chi connectivity index (χ3v) is 4.97. The quantitative estimate of drug-likeness (QED) is 0.649. The second-order valence-electron chi connectivity index (χ2n) is 6.33. The van der Waals surface area contributed by atoms with Crippen molar-refractivity contribution in [2.45, 2.75) is 27.0 Å². The van der Waals surface area contributed by atoms with Crippen LogP contribution in [0, 0.1) is 13.8 Å². The van der Waals surface area contributed by atoms with Crippen LogP contribution in [0.15, 0.2) is 23.6 Å². The van der Waals surface area contributed by atoms with Crippen molar-refractivity contribution in [1.29, 1.82) is 0 Å². The molecular weight excluding hydrogens is 364 g/mol. The van der Waals surface area contributed by atoms with Gasteiger partial charge in [-0.05, 0) is 31.4 Å². The van der Waals surface area contributed by atoms with Gasteiger partial charge < -0.3 is 19.9 Å². The van der Waals surface area contributed by atoms with Gasteiger partial charge in [0, 0.05) is 30.4 Å². The van der Waals surface area contributed by atoms with Crippen LogP contribution >= 0.6 is 11.3 Å². The number of hydrogen-bond donors (Lipinski definition) is 1. The lowest BCUT2D eigenvalue weighted by atomic mass is 10.2. The Bertz CT molecular complexity index is 949. The highest BCUT2D eigenvalue weighted by atomic mass is 32.1. The summed E-state index contributed by atoms with van der Waals surface area (Å²) in [7, 11) is 3.60. The van der Waals surface area contributed by atoms with Crippen molar-refractivity contribution in [2.75, 3.05) is 24.7 Å². The molecule has 0 saturated heterocycles. The summed E-state index contributed by atoms with van der Waals surface area (Å²) in [6.07, 6.45) is 0. The minimum absolute atomic E-state index is 0.0685. The molecule has 3 heterocycles. The van der Waals surface area contributed by atoms with Gasteiger partial charge in [0.1, 0.15) is 0 Å². The van der Waals surface area contributed by atoms with Gasteiger partial charge in [0.25, 0.3) is 0 Å². The maximum absolute atomic E-state index is 12.6. The van der Waals surface area contributed by atoms with Crippen molar-refractivity contribution in [1.82, 2.24) is 19.5 Å². The summed E-state index contributed by atoms with van der Waals surface area (Å²) in [5.74, 6) is 0.411. The Labute approximate surface area is 161 Å². The summed E-state index contributed by atoms with van der Waals surface area (Å²) in [4.78, 5) is 27.8. The number of aromatic nitrogens is 4. The van der Waals surface area contributed by atoms with Crippen LogP contribution in [0.2, 0.25) is 0 Å². The van der Waals surface area contributed by atoms with Gasteiger partial charge in [-0.2, -0.15) is 15.0 Å². The summed E-state index contributed by atoms with van der Waals surface area (Å²) in [6, 6.07) is 5.94. The molecule has 9 heteroatoms. The van der Waals surface area contributed by atoms with Crippen molar-refractivity contribution in [3.8, 4) is 0 Å². The summed E-state index contributed by atoms with van der Waals surface area (Å²) < 4.78 is 7.52. The van der Waals surface area contributed by atoms with Gasteiger partial charge in [-0.15, -0.1) is 11.3 Å². The number of carbonyl (C=O) groups excluding carboxylic acids is 1. The number of nitrogens with zero attached hydrogens (tertiary/aromatic N) is 5. The number of aryl methyl sites for hydroxylation is 1. The monoisotopic (exact) mass is 386 g/mol. The van der Waals surface area contributed by atoms with Crippen molar-refractivity contribution < 1.29 is 9.53 Å². The van der Waals surface area contributed by atoms with E-state index in [1.807, 2.05) is 31.4 Å². The van der Waals surface area contributed by atoms with Crippen LogP contribution in [0.5, 0.6) is 0 Å². The minimum Gasteiger partial charge on any atom is -0.454 e. The van der Waals surface area contributed by atoms with Gasteiger partial charge in [-0.3, -0.25) is 0 Å². The van der Waals surface area contributed by atoms with Crippen LogP contribution < -0.4 is 10.6 Å². The first-order valence-corrected chi connectivity index (χ1v) is 9.27. The molecule has 0 spiro atoms. The molecule has 142 valence electrons. The van der Waals surface area contributed by atoms with E-state index in [9.17, 15) is 4.79 Å². The average molecular weight is 386 g/mol. The van der Waals surface area contributed by atoms with E-state index in [4.69, 9.17) is 10.5 Å². The fourth-order valence-electron chi connectivity index (χ4n) is 2.71. The highest BCUT2D eigenvalue weighted by Crippen LogP contribution is 2.20. The average Bonchev–Trinajstić information content (AvgIpc) is 3.23. The first kappa shape index (κ1) is 18.8. The lowest BCUT2D eigenvalue weighted by molar-refractivity contribution is 0.0461. The van der Waals surface area contributed by atoms with E-state index >= 15 is 0 Å². The van der Waals surface area contributed by atoms with E-state index in [-0.39, 0.29) is 12.6 Å². The molecule has 0 aliphatic rings. The molecule has 8 nitrogen and oxygen atoms in total. The summed E-state index contributed by atoms with van der Waals surface area (Å²) >= 11 is 1.69. The van der Waals surface area contributed by atoms with E-state index in [0.29, 0.717) is 17.3 Å². The number of anilines is 2. The lowest BCUT2D eigenvalue weighted by Gasteiger charge is -2.11. The number of nitrogens with two attached hydrogens (primary N) is 1. The Kier molecular flexibility index (Phi) is 5.41. The Morgan fingerprint density at radius 3 is 2.74 bits per heavy atom. The third-order valence-electron chi connectivity index (χ3n) is 4.11. The lowest BCUT2D eigenvalue weighted by Crippen LogP contribution is -2.17. The number of thiophene rings is 1. The maximum atomic E-state index is 12.6. The molecule has 27 heavy (non-hydrogen) atoms. The fourth-order valence-corrected chi connectivity index (χ4v) is 3.40. The predicted molar refractivity (Wildman–Crippen MR) is 105 cm³/mol. The molecule has 3 aromatic rings. The zero-order chi connectivity index (χ0) is 19.6. The molecule has 0 radical (unpaired) electrons. The van der Waals surface area contributed by atoms with Crippen LogP contribution in [-0.2, 0) is 17.9 Å². The number of ether oxygens (including phenoxy) is 1. The smallest absolute Gasteiger partial charge is 0.340 e. The van der Waals surface area contributed by atoms with Crippen LogP contribution in [0.25, 0.3) is 0 Å².